The van der Waals surface area contributed by atoms with Crippen molar-refractivity contribution in [1.29, 1.82) is 0 Å². The number of ether oxygens (including phenoxy) is 8. The number of methoxy groups -OCH3 is 1. The first-order valence-corrected chi connectivity index (χ1v) is 14.6. The molecule has 14 heteroatoms. The van der Waals surface area contributed by atoms with Crippen molar-refractivity contribution in [2.24, 2.45) is 0 Å². The fraction of sp³-hybridized carbons (Fsp3) is 0.469. The zero-order valence-electron chi connectivity index (χ0n) is 26.1. The van der Waals surface area contributed by atoms with E-state index in [4.69, 9.17) is 37.9 Å². The molecular weight excluding hydrogens is 606 g/mol. The predicted molar refractivity (Wildman–Crippen MR) is 157 cm³/mol. The van der Waals surface area contributed by atoms with E-state index in [-0.39, 0.29) is 35.6 Å². The first-order valence-electron chi connectivity index (χ1n) is 14.6. The Kier molecular flexibility index (Phi) is 11.6. The minimum atomic E-state index is -1.47. The van der Waals surface area contributed by atoms with E-state index in [9.17, 15) is 24.0 Å². The van der Waals surface area contributed by atoms with Crippen LogP contribution in [-0.2, 0) is 54.0 Å². The molecule has 1 amide bonds. The van der Waals surface area contributed by atoms with E-state index in [1.54, 1.807) is 0 Å². The number of hydrogen-bond acceptors (Lipinski definition) is 13. The van der Waals surface area contributed by atoms with Crippen molar-refractivity contribution in [2.75, 3.05) is 26.9 Å². The van der Waals surface area contributed by atoms with E-state index in [1.165, 1.54) is 37.8 Å². The molecule has 1 fully saturated rings. The van der Waals surface area contributed by atoms with E-state index in [1.807, 2.05) is 24.3 Å². The Labute approximate surface area is 265 Å². The second-order valence-corrected chi connectivity index (χ2v) is 10.6. The summed E-state index contributed by atoms with van der Waals surface area (Å²) in [6.45, 7) is 4.93. The zero-order valence-corrected chi connectivity index (χ0v) is 26.1. The van der Waals surface area contributed by atoms with Gasteiger partial charge < -0.3 is 43.2 Å². The molecule has 0 saturated carbocycles. The van der Waals surface area contributed by atoms with Gasteiger partial charge in [0.1, 0.15) is 18.8 Å². The smallest absolute Gasteiger partial charge is 0.303 e. The molecule has 4 rings (SSSR count). The Bertz CT molecular complexity index is 1440. The number of hydrogen-bond donors (Lipinski definition) is 1. The van der Waals surface area contributed by atoms with Gasteiger partial charge in [-0.3, -0.25) is 24.0 Å². The van der Waals surface area contributed by atoms with Crippen LogP contribution in [0, 0.1) is 0 Å². The Balaban J connectivity index is 1.57. The highest BCUT2D eigenvalue weighted by Crippen LogP contribution is 2.35. The molecule has 248 valence electrons. The normalized spacial score (nSPS) is 23.6. The number of carbonyl (C=O) groups is 5. The average molecular weight is 644 g/mol. The highest BCUT2D eigenvalue weighted by molar-refractivity contribution is 5.95. The van der Waals surface area contributed by atoms with Gasteiger partial charge >= 0.3 is 23.9 Å². The lowest BCUT2D eigenvalue weighted by Crippen LogP contribution is -2.63. The number of fused-ring (bicyclic) bond motifs is 1. The summed E-state index contributed by atoms with van der Waals surface area (Å²) in [7, 11) is 1.36. The van der Waals surface area contributed by atoms with Gasteiger partial charge in [0.05, 0.1) is 13.7 Å². The quantitative estimate of drug-likeness (QED) is 0.279. The van der Waals surface area contributed by atoms with Gasteiger partial charge in [-0.05, 0) is 35.7 Å². The fourth-order valence-electron chi connectivity index (χ4n) is 5.25. The molecule has 2 aromatic carbocycles. The Morgan fingerprint density at radius 3 is 2.17 bits per heavy atom. The summed E-state index contributed by atoms with van der Waals surface area (Å²) in [6.07, 6.45) is -6.34. The SMILES string of the molecule is COc1cc(C(=O)NC[C@@H]2OCCc3ccccc32)ccc1O[C@H]1O[C@@H](COC(C)=O)[C@H](OC(C)=O)[C@@H](OC(C)=O)[C@@H]1OC(C)=O. The maximum Gasteiger partial charge on any atom is 0.303 e. The van der Waals surface area contributed by atoms with Gasteiger partial charge in [0.15, 0.2) is 23.7 Å². The highest BCUT2D eigenvalue weighted by atomic mass is 16.7. The molecule has 0 aromatic heterocycles. The molecule has 2 heterocycles. The average Bonchev–Trinajstić information content (AvgIpc) is 3.01. The van der Waals surface area contributed by atoms with Crippen LogP contribution in [0.3, 0.4) is 0 Å². The van der Waals surface area contributed by atoms with E-state index < -0.39 is 61.2 Å². The summed E-state index contributed by atoms with van der Waals surface area (Å²) in [5.74, 6) is -3.14. The van der Waals surface area contributed by atoms with Crippen LogP contribution in [0.2, 0.25) is 0 Å². The van der Waals surface area contributed by atoms with Gasteiger partial charge in [-0.2, -0.15) is 0 Å². The fourth-order valence-corrected chi connectivity index (χ4v) is 5.25. The van der Waals surface area contributed by atoms with Crippen molar-refractivity contribution in [3.8, 4) is 11.5 Å². The highest BCUT2D eigenvalue weighted by Gasteiger charge is 2.53. The molecule has 1 N–H and O–H groups in total. The third-order valence-corrected chi connectivity index (χ3v) is 7.16. The summed E-state index contributed by atoms with van der Waals surface area (Å²) in [4.78, 5) is 60.9. The molecule has 0 aliphatic carbocycles. The van der Waals surface area contributed by atoms with Gasteiger partial charge in [-0.15, -0.1) is 0 Å². The number of rotatable bonds is 11. The molecule has 46 heavy (non-hydrogen) atoms. The Morgan fingerprint density at radius 2 is 1.50 bits per heavy atom. The van der Waals surface area contributed by atoms with Gasteiger partial charge in [0, 0.05) is 39.8 Å². The Hall–Kier alpha value is -4.69. The summed E-state index contributed by atoms with van der Waals surface area (Å²) < 4.78 is 44.8. The van der Waals surface area contributed by atoms with Crippen LogP contribution in [-0.4, -0.2) is 87.4 Å². The lowest BCUT2D eigenvalue weighted by Gasteiger charge is -2.44. The van der Waals surface area contributed by atoms with E-state index in [0.717, 1.165) is 32.8 Å². The van der Waals surface area contributed by atoms with Crippen LogP contribution in [0.1, 0.15) is 55.3 Å². The van der Waals surface area contributed by atoms with Crippen molar-refractivity contribution in [3.63, 3.8) is 0 Å². The summed E-state index contributed by atoms with van der Waals surface area (Å²) >= 11 is 0. The van der Waals surface area contributed by atoms with Gasteiger partial charge in [-0.25, -0.2) is 0 Å². The Morgan fingerprint density at radius 1 is 0.826 bits per heavy atom. The second-order valence-electron chi connectivity index (χ2n) is 10.6. The molecule has 1 saturated heterocycles. The summed E-state index contributed by atoms with van der Waals surface area (Å²) in [5.41, 5.74) is 2.47. The molecule has 2 aromatic rings. The predicted octanol–water partition coefficient (Wildman–Crippen LogP) is 2.20. The summed E-state index contributed by atoms with van der Waals surface area (Å²) in [6, 6.07) is 12.3. The van der Waals surface area contributed by atoms with E-state index in [0.29, 0.717) is 6.61 Å². The van der Waals surface area contributed by atoms with Crippen molar-refractivity contribution < 1.29 is 61.9 Å². The second kappa shape index (κ2) is 15.5. The van der Waals surface area contributed by atoms with Crippen molar-refractivity contribution in [1.82, 2.24) is 5.32 Å². The van der Waals surface area contributed by atoms with Crippen LogP contribution in [0.25, 0.3) is 0 Å². The van der Waals surface area contributed by atoms with E-state index in [2.05, 4.69) is 5.32 Å². The number of benzene rings is 2. The minimum Gasteiger partial charge on any atom is -0.493 e. The first-order chi connectivity index (χ1) is 22.0. The molecule has 0 radical (unpaired) electrons. The first kappa shape index (κ1) is 34.2. The maximum atomic E-state index is 13.1. The zero-order chi connectivity index (χ0) is 33.4. The standard InChI is InChI=1S/C32H37NO13/c1-17(34)41-16-27-28(42-18(2)35)29(43-19(3)36)30(44-20(4)37)32(46-27)45-24-11-10-22(14-25(24)39-5)31(38)33-15-26-23-9-7-6-8-21(23)12-13-40-26/h6-11,14,26-30,32H,12-13,15-16H2,1-5H3,(H,33,38)/t26-,27-,28-,29+,30-,32-/m0/s1. The minimum absolute atomic E-state index is 0.0736. The monoisotopic (exact) mass is 643 g/mol. The summed E-state index contributed by atoms with van der Waals surface area (Å²) in [5, 5.41) is 2.89. The third-order valence-electron chi connectivity index (χ3n) is 7.16. The lowest BCUT2D eigenvalue weighted by atomic mass is 9.97. The maximum absolute atomic E-state index is 13.1. The van der Waals surface area contributed by atoms with Crippen molar-refractivity contribution in [2.45, 2.75) is 70.9 Å². The van der Waals surface area contributed by atoms with Crippen LogP contribution in [0.5, 0.6) is 11.5 Å². The molecule has 0 spiro atoms. The molecule has 14 nitrogen and oxygen atoms in total. The number of carbonyl (C=O) groups excluding carboxylic acids is 5. The van der Waals surface area contributed by atoms with Crippen LogP contribution in [0.15, 0.2) is 42.5 Å². The van der Waals surface area contributed by atoms with E-state index >= 15 is 0 Å². The van der Waals surface area contributed by atoms with Gasteiger partial charge in [0.25, 0.3) is 5.91 Å². The lowest BCUT2D eigenvalue weighted by molar-refractivity contribution is -0.288. The van der Waals surface area contributed by atoms with Gasteiger partial charge in [0.2, 0.25) is 12.4 Å². The molecule has 2 aliphatic rings. The number of nitrogens with one attached hydrogen (secondary N) is 1. The van der Waals surface area contributed by atoms with Crippen molar-refractivity contribution >= 4 is 29.8 Å². The topological polar surface area (TPSA) is 171 Å². The molecule has 0 unspecified atom stereocenters. The number of amides is 1. The number of esters is 4. The third kappa shape index (κ3) is 8.73. The van der Waals surface area contributed by atoms with Crippen molar-refractivity contribution in [3.05, 3.63) is 59.2 Å². The largest absolute Gasteiger partial charge is 0.493 e. The van der Waals surface area contributed by atoms with Gasteiger partial charge in [-0.1, -0.05) is 24.3 Å². The van der Waals surface area contributed by atoms with Crippen LogP contribution >= 0.6 is 0 Å². The molecular formula is C32H37NO13. The van der Waals surface area contributed by atoms with Crippen LogP contribution < -0.4 is 14.8 Å². The van der Waals surface area contributed by atoms with Crippen LogP contribution in [0.4, 0.5) is 0 Å². The molecule has 6 atom stereocenters. The molecule has 0 bridgehead atoms. The molecule has 2 aliphatic heterocycles.